The van der Waals surface area contributed by atoms with Gasteiger partial charge in [-0.05, 0) is 526 Å². The van der Waals surface area contributed by atoms with Crippen LogP contribution in [-0.4, -0.2) is 0 Å². The zero-order valence-corrected chi connectivity index (χ0v) is 72.9. The minimum atomic E-state index is 0.496. The quantitative estimate of drug-likeness (QED) is 0.163. The molecule has 105 heavy (non-hydrogen) atoms. The molecule has 0 heteroatoms. The molecule has 0 nitrogen and oxygen atoms in total. The Morgan fingerprint density at radius 3 is 0.248 bits per heavy atom. The maximum Gasteiger partial charge on any atom is -0.0276 e. The van der Waals surface area contributed by atoms with E-state index >= 15 is 0 Å². The molecule has 0 aromatic carbocycles. The molecule has 0 aromatic heterocycles. The van der Waals surface area contributed by atoms with Crippen molar-refractivity contribution in [2.45, 2.75) is 478 Å². The lowest BCUT2D eigenvalue weighted by Gasteiger charge is -2.79. The molecule has 32 bridgehead atoms. The third-order valence-corrected chi connectivity index (χ3v) is 44.0. The Kier molecular flexibility index (Phi) is 11.9. The van der Waals surface area contributed by atoms with Gasteiger partial charge in [0, 0.05) is 0 Å². The Hall–Kier alpha value is 0. The minimum absolute atomic E-state index is 0.496. The SMILES string of the molecule is CC12CC3(C)CC(C)(C1)CC(CC14CC5(C)CC(C)(C1)CC(CC16CC7(C)CC(CC89CC%10(C)CC(C)(CC(C)(C%10)C8)C9)(C1)CC(CC18CC9(CC%10%11CC%12(C)CC(C)(CC(C)(C%12)C%10)C%11)CC(CC%10%11CC%12(C)CC(C)(CC(C)(C%12)C%10)C%11)(CC(CC%10%11CC%12(C)CC(C)(CC(C)(C%12)C%10)C%11)(C9)C1)C8)(C7)C6)(C5)C4)(C2)C3. The van der Waals surface area contributed by atoms with Crippen molar-refractivity contribution in [2.24, 2.45) is 173 Å². The largest absolute Gasteiger partial charge is 0.0596 e. The molecule has 0 N–H and O–H groups in total. The van der Waals surface area contributed by atoms with Gasteiger partial charge in [0.05, 0.1) is 0 Å². The molecule has 0 heterocycles. The maximum absolute atomic E-state index is 3.13. The second-order valence-corrected chi connectivity index (χ2v) is 63.3. The summed E-state index contributed by atoms with van der Waals surface area (Å²) in [4.78, 5) is 0. The van der Waals surface area contributed by atoms with Gasteiger partial charge >= 0.3 is 0 Å². The molecule has 32 aliphatic carbocycles. The van der Waals surface area contributed by atoms with E-state index in [-0.39, 0.29) is 0 Å². The topological polar surface area (TPSA) is 0 Å². The van der Waals surface area contributed by atoms with Crippen LogP contribution in [0.4, 0.5) is 0 Å². The van der Waals surface area contributed by atoms with E-state index in [0.717, 1.165) is 0 Å². The third-order valence-electron chi connectivity index (χ3n) is 44.0. The van der Waals surface area contributed by atoms with Crippen LogP contribution in [0, 0.1) is 173 Å². The second-order valence-electron chi connectivity index (χ2n) is 63.3. The third kappa shape index (κ3) is 9.94. The van der Waals surface area contributed by atoms with Crippen LogP contribution in [0.2, 0.25) is 0 Å². The lowest BCUT2D eigenvalue weighted by Crippen LogP contribution is -2.69. The van der Waals surface area contributed by atoms with Crippen LogP contribution in [0.1, 0.15) is 478 Å². The Labute approximate surface area is 647 Å². The van der Waals surface area contributed by atoms with Crippen molar-refractivity contribution in [3.8, 4) is 0 Å². The Morgan fingerprint density at radius 2 is 0.143 bits per heavy atom. The highest BCUT2D eigenvalue weighted by atomic mass is 14.9. The number of hydrogen-bond donors (Lipinski definition) is 0. The molecule has 0 aromatic rings. The molecule has 6 unspecified atom stereocenters. The van der Waals surface area contributed by atoms with Crippen molar-refractivity contribution in [3.05, 3.63) is 0 Å². The van der Waals surface area contributed by atoms with E-state index in [4.69, 9.17) is 0 Å². The van der Waals surface area contributed by atoms with Gasteiger partial charge in [-0.2, -0.15) is 0 Å². The predicted octanol–water partition coefficient (Wildman–Crippen LogP) is 30.7. The van der Waals surface area contributed by atoms with Gasteiger partial charge in [-0.25, -0.2) is 0 Å². The lowest BCUT2D eigenvalue weighted by atomic mass is 9.25. The number of hydrogen-bond acceptors (Lipinski definition) is 0. The van der Waals surface area contributed by atoms with Gasteiger partial charge < -0.3 is 0 Å². The fraction of sp³-hybridized carbons (Fsp3) is 1.00. The molecule has 32 saturated carbocycles. The summed E-state index contributed by atoms with van der Waals surface area (Å²) >= 11 is 0. The summed E-state index contributed by atoms with van der Waals surface area (Å²) in [6, 6.07) is 0. The Bertz CT molecular complexity index is 3400. The molecule has 32 rings (SSSR count). The summed E-state index contributed by atoms with van der Waals surface area (Å²) in [6.45, 7) is 52.4. The first kappa shape index (κ1) is 69.3. The van der Waals surface area contributed by atoms with Crippen molar-refractivity contribution in [1.82, 2.24) is 0 Å². The predicted molar refractivity (Wildman–Crippen MR) is 434 cm³/mol. The zero-order valence-electron chi connectivity index (χ0n) is 72.9. The average molecular weight is 1430 g/mol. The summed E-state index contributed by atoms with van der Waals surface area (Å²) in [7, 11) is 0. The average Bonchev–Trinajstić information content (AvgIpc) is 0.641. The molecule has 0 amide bonds. The van der Waals surface area contributed by atoms with Crippen LogP contribution in [0.5, 0.6) is 0 Å². The van der Waals surface area contributed by atoms with Gasteiger partial charge in [0.15, 0.2) is 0 Å². The van der Waals surface area contributed by atoms with Crippen molar-refractivity contribution in [2.75, 3.05) is 0 Å². The van der Waals surface area contributed by atoms with Gasteiger partial charge in [-0.1, -0.05) is 125 Å². The normalized spacial score (nSPS) is 70.8. The van der Waals surface area contributed by atoms with Gasteiger partial charge in [0.2, 0.25) is 0 Å². The summed E-state index contributed by atoms with van der Waals surface area (Å²) in [5.41, 5.74) is 17.6. The number of rotatable bonds is 14. The van der Waals surface area contributed by atoms with Crippen LogP contribution >= 0.6 is 0 Å². The van der Waals surface area contributed by atoms with Crippen molar-refractivity contribution >= 4 is 0 Å². The molecule has 0 saturated heterocycles. The zero-order chi connectivity index (χ0) is 72.9. The van der Waals surface area contributed by atoms with Crippen LogP contribution in [0.25, 0.3) is 0 Å². The Morgan fingerprint density at radius 1 is 0.0857 bits per heavy atom. The van der Waals surface area contributed by atoms with Crippen molar-refractivity contribution < 1.29 is 0 Å². The van der Waals surface area contributed by atoms with Crippen LogP contribution in [0.15, 0.2) is 0 Å². The molecular weight excluding hydrogens is 1260 g/mol. The first-order chi connectivity index (χ1) is 47.9. The Balaban J connectivity index is 0.668. The highest BCUT2D eigenvalue weighted by Gasteiger charge is 2.81. The van der Waals surface area contributed by atoms with E-state index in [2.05, 4.69) is 125 Å². The molecule has 584 valence electrons. The smallest absolute Gasteiger partial charge is 0.0276 e. The van der Waals surface area contributed by atoms with Gasteiger partial charge in [-0.3, -0.25) is 0 Å². The van der Waals surface area contributed by atoms with E-state index in [1.807, 2.05) is 0 Å². The van der Waals surface area contributed by atoms with Crippen molar-refractivity contribution in [3.63, 3.8) is 0 Å². The molecule has 32 fully saturated rings. The van der Waals surface area contributed by atoms with Crippen LogP contribution in [0.3, 0.4) is 0 Å². The van der Waals surface area contributed by atoms with Gasteiger partial charge in [-0.15, -0.1) is 0 Å². The van der Waals surface area contributed by atoms with E-state index < -0.39 is 0 Å². The monoisotopic (exact) mass is 1430 g/mol. The summed E-state index contributed by atoms with van der Waals surface area (Å²) in [5, 5.41) is 0. The maximum atomic E-state index is 3.13. The standard InChI is InChI=1S/C105H164/c1-74-19-75(2)21-76(3,20-74)37-92(35-74,36-75)57-97-50-89(16)34-90(17,51-97)53-98(52-89,62-97)63-100-55-91(18)54-99(64-100,58-93-38-77(4)22-78(5,39-93)24-79(6,23-77)40-93)65-101(56-91,66-100)67-105-71-102(59-94-41-80(7)25-81(8,42-94)27-82(9,26-80)43-94)68-103(72-105,60-95-44-83(10)28-84(11,45-95)30-85(12,29-83)46-95)70-104(69-102,73-105)61-96-47-86(13)31-87(14,48-96)33-88(15,32-86)49-96/h19-73H2,1-18H3. The molecule has 0 radical (unpaired) electrons. The fourth-order valence-corrected chi connectivity index (χ4v) is 58.6. The first-order valence-corrected chi connectivity index (χ1v) is 47.9. The molecule has 0 spiro atoms. The fourth-order valence-electron chi connectivity index (χ4n) is 58.6. The van der Waals surface area contributed by atoms with Crippen molar-refractivity contribution in [1.29, 1.82) is 0 Å². The summed E-state index contributed by atoms with van der Waals surface area (Å²) < 4.78 is 0. The first-order valence-electron chi connectivity index (χ1n) is 47.9. The van der Waals surface area contributed by atoms with E-state index in [0.29, 0.717) is 173 Å². The molecular formula is C105H164. The summed E-state index contributed by atoms with van der Waals surface area (Å²) in [5.74, 6) is 0. The highest BCUT2D eigenvalue weighted by Crippen LogP contribution is 2.92. The molecule has 0 aliphatic heterocycles. The minimum Gasteiger partial charge on any atom is -0.0596 e. The molecule has 32 aliphatic rings. The highest BCUT2D eigenvalue weighted by molar-refractivity contribution is 5.31. The summed E-state index contributed by atoms with van der Waals surface area (Å²) in [6.07, 6.45) is 88.5. The van der Waals surface area contributed by atoms with Crippen LogP contribution < -0.4 is 0 Å². The van der Waals surface area contributed by atoms with E-state index in [1.165, 1.54) is 19.3 Å². The lowest BCUT2D eigenvalue weighted by molar-refractivity contribution is -0.291. The van der Waals surface area contributed by atoms with E-state index in [1.54, 1.807) is 334 Å². The second kappa shape index (κ2) is 18.1. The van der Waals surface area contributed by atoms with Gasteiger partial charge in [0.1, 0.15) is 0 Å². The molecule has 6 atom stereocenters. The van der Waals surface area contributed by atoms with Gasteiger partial charge in [0.25, 0.3) is 0 Å². The van der Waals surface area contributed by atoms with E-state index in [9.17, 15) is 0 Å². The van der Waals surface area contributed by atoms with Crippen LogP contribution in [-0.2, 0) is 0 Å².